The van der Waals surface area contributed by atoms with Crippen molar-refractivity contribution in [2.24, 2.45) is 0 Å². The molecular formula is C10H10F3NO3. The van der Waals surface area contributed by atoms with Crippen molar-refractivity contribution in [1.29, 1.82) is 0 Å². The lowest BCUT2D eigenvalue weighted by Crippen LogP contribution is -2.11. The minimum Gasteiger partial charge on any atom is -0.462 e. The summed E-state index contributed by atoms with van der Waals surface area (Å²) < 4.78 is 45.7. The van der Waals surface area contributed by atoms with Crippen LogP contribution >= 0.6 is 0 Å². The molecule has 0 heterocycles. The highest BCUT2D eigenvalue weighted by Gasteiger charge is 2.19. The normalized spacial score (nSPS) is 10.4. The van der Waals surface area contributed by atoms with E-state index in [4.69, 9.17) is 5.73 Å². The first-order valence-electron chi connectivity index (χ1n) is 4.67. The molecule has 0 aliphatic rings. The third-order valence-electron chi connectivity index (χ3n) is 1.86. The number of nitrogen functional groups attached to an aromatic ring is 1. The van der Waals surface area contributed by atoms with Gasteiger partial charge in [0.05, 0.1) is 17.9 Å². The minimum atomic E-state index is -3.17. The van der Waals surface area contributed by atoms with Gasteiger partial charge in [-0.25, -0.2) is 9.18 Å². The van der Waals surface area contributed by atoms with Crippen LogP contribution in [0.1, 0.15) is 17.3 Å². The van der Waals surface area contributed by atoms with Gasteiger partial charge >= 0.3 is 12.6 Å². The van der Waals surface area contributed by atoms with Crippen molar-refractivity contribution < 1.29 is 27.4 Å². The molecule has 0 radical (unpaired) electrons. The number of benzene rings is 1. The maximum atomic E-state index is 13.4. The molecule has 1 aromatic carbocycles. The molecule has 0 bridgehead atoms. The number of hydrogen-bond donors (Lipinski definition) is 1. The Morgan fingerprint density at radius 1 is 1.47 bits per heavy atom. The van der Waals surface area contributed by atoms with E-state index >= 15 is 0 Å². The molecule has 1 aromatic rings. The van der Waals surface area contributed by atoms with E-state index < -0.39 is 29.8 Å². The first-order valence-corrected chi connectivity index (χ1v) is 4.67. The summed E-state index contributed by atoms with van der Waals surface area (Å²) in [6.45, 7) is -1.51. The Balaban J connectivity index is 3.06. The molecule has 7 heteroatoms. The van der Waals surface area contributed by atoms with E-state index in [9.17, 15) is 18.0 Å². The second-order valence-electron chi connectivity index (χ2n) is 2.94. The number of esters is 1. The van der Waals surface area contributed by atoms with Crippen LogP contribution in [0, 0.1) is 5.82 Å². The van der Waals surface area contributed by atoms with Crippen LogP contribution in [-0.4, -0.2) is 19.2 Å². The van der Waals surface area contributed by atoms with Crippen LogP contribution in [0.25, 0.3) is 0 Å². The Kier molecular flexibility index (Phi) is 4.19. The molecule has 94 valence electrons. The molecule has 17 heavy (non-hydrogen) atoms. The highest BCUT2D eigenvalue weighted by atomic mass is 19.3. The number of hydrogen-bond acceptors (Lipinski definition) is 4. The maximum Gasteiger partial charge on any atom is 0.387 e. The van der Waals surface area contributed by atoms with Crippen LogP contribution in [0.3, 0.4) is 0 Å². The van der Waals surface area contributed by atoms with E-state index in [2.05, 4.69) is 9.47 Å². The summed E-state index contributed by atoms with van der Waals surface area (Å²) in [5.74, 6) is -2.76. The molecule has 0 aliphatic heterocycles. The number of carbonyl (C=O) groups excluding carboxylic acids is 1. The predicted molar refractivity (Wildman–Crippen MR) is 53.4 cm³/mol. The second-order valence-corrected chi connectivity index (χ2v) is 2.94. The highest BCUT2D eigenvalue weighted by Crippen LogP contribution is 2.27. The van der Waals surface area contributed by atoms with E-state index in [1.54, 1.807) is 6.92 Å². The van der Waals surface area contributed by atoms with Gasteiger partial charge in [0.2, 0.25) is 0 Å². The second kappa shape index (κ2) is 5.42. The molecular weight excluding hydrogens is 239 g/mol. The van der Waals surface area contributed by atoms with Gasteiger partial charge in [-0.1, -0.05) is 0 Å². The van der Waals surface area contributed by atoms with E-state index in [-0.39, 0.29) is 12.2 Å². The van der Waals surface area contributed by atoms with Crippen molar-refractivity contribution >= 4 is 11.7 Å². The molecule has 2 N–H and O–H groups in total. The van der Waals surface area contributed by atoms with Crippen molar-refractivity contribution in [2.75, 3.05) is 12.3 Å². The largest absolute Gasteiger partial charge is 0.462 e. The number of rotatable bonds is 4. The summed E-state index contributed by atoms with van der Waals surface area (Å²) in [7, 11) is 0. The highest BCUT2D eigenvalue weighted by molar-refractivity contribution is 5.95. The SMILES string of the molecule is CCOC(=O)c1ccc(OC(F)F)c(F)c1N. The summed E-state index contributed by atoms with van der Waals surface area (Å²) in [5.41, 5.74) is 4.48. The van der Waals surface area contributed by atoms with Gasteiger partial charge in [-0.3, -0.25) is 0 Å². The summed E-state index contributed by atoms with van der Waals surface area (Å²) in [5, 5.41) is 0. The van der Waals surface area contributed by atoms with E-state index in [1.165, 1.54) is 0 Å². The number of alkyl halides is 2. The van der Waals surface area contributed by atoms with Crippen molar-refractivity contribution in [3.05, 3.63) is 23.5 Å². The number of halogens is 3. The molecule has 0 unspecified atom stereocenters. The quantitative estimate of drug-likeness (QED) is 0.656. The molecule has 0 spiro atoms. The van der Waals surface area contributed by atoms with Crippen molar-refractivity contribution in [3.63, 3.8) is 0 Å². The van der Waals surface area contributed by atoms with Gasteiger partial charge in [0.15, 0.2) is 11.6 Å². The number of ether oxygens (including phenoxy) is 2. The Hall–Kier alpha value is -1.92. The molecule has 0 saturated carbocycles. The average Bonchev–Trinajstić information content (AvgIpc) is 2.24. The summed E-state index contributed by atoms with van der Waals surface area (Å²) in [6.07, 6.45) is 0. The Labute approximate surface area is 95.1 Å². The Morgan fingerprint density at radius 3 is 2.65 bits per heavy atom. The van der Waals surface area contributed by atoms with E-state index in [0.29, 0.717) is 0 Å². The fourth-order valence-electron chi connectivity index (χ4n) is 1.15. The zero-order chi connectivity index (χ0) is 13.0. The molecule has 0 aliphatic carbocycles. The van der Waals surface area contributed by atoms with Gasteiger partial charge < -0.3 is 15.2 Å². The third-order valence-corrected chi connectivity index (χ3v) is 1.86. The van der Waals surface area contributed by atoms with Gasteiger partial charge in [-0.2, -0.15) is 8.78 Å². The number of nitrogens with two attached hydrogens (primary N) is 1. The van der Waals surface area contributed by atoms with Crippen molar-refractivity contribution in [3.8, 4) is 5.75 Å². The van der Waals surface area contributed by atoms with Gasteiger partial charge in [-0.05, 0) is 19.1 Å². The fourth-order valence-corrected chi connectivity index (χ4v) is 1.15. The van der Waals surface area contributed by atoms with Crippen LogP contribution in [0.5, 0.6) is 5.75 Å². The lowest BCUT2D eigenvalue weighted by molar-refractivity contribution is -0.0521. The first kappa shape index (κ1) is 13.1. The molecule has 0 fully saturated rings. The molecule has 0 aromatic heterocycles. The average molecular weight is 249 g/mol. The lowest BCUT2D eigenvalue weighted by Gasteiger charge is -2.10. The topological polar surface area (TPSA) is 61.5 Å². The summed E-state index contributed by atoms with van der Waals surface area (Å²) in [4.78, 5) is 11.3. The Bertz CT molecular complexity index is 424. The maximum absolute atomic E-state index is 13.4. The molecule has 1 rings (SSSR count). The lowest BCUT2D eigenvalue weighted by atomic mass is 10.1. The van der Waals surface area contributed by atoms with Crippen molar-refractivity contribution in [1.82, 2.24) is 0 Å². The summed E-state index contributed by atoms with van der Waals surface area (Å²) in [6, 6.07) is 1.96. The molecule has 4 nitrogen and oxygen atoms in total. The van der Waals surface area contributed by atoms with Crippen LogP contribution in [0.2, 0.25) is 0 Å². The van der Waals surface area contributed by atoms with Crippen LogP contribution < -0.4 is 10.5 Å². The zero-order valence-corrected chi connectivity index (χ0v) is 8.88. The minimum absolute atomic E-state index is 0.0924. The van der Waals surface area contributed by atoms with Gasteiger partial charge in [0.1, 0.15) is 0 Å². The van der Waals surface area contributed by atoms with Crippen molar-refractivity contribution in [2.45, 2.75) is 13.5 Å². The molecule has 0 saturated heterocycles. The number of carbonyl (C=O) groups is 1. The third kappa shape index (κ3) is 3.02. The van der Waals surface area contributed by atoms with Gasteiger partial charge in [0.25, 0.3) is 0 Å². The molecule has 0 amide bonds. The van der Waals surface area contributed by atoms with E-state index in [1.807, 2.05) is 0 Å². The first-order chi connectivity index (χ1) is 7.97. The summed E-state index contributed by atoms with van der Waals surface area (Å²) >= 11 is 0. The van der Waals surface area contributed by atoms with E-state index in [0.717, 1.165) is 12.1 Å². The monoisotopic (exact) mass is 249 g/mol. The Morgan fingerprint density at radius 2 is 2.12 bits per heavy atom. The zero-order valence-electron chi connectivity index (χ0n) is 8.88. The van der Waals surface area contributed by atoms with Gasteiger partial charge in [0, 0.05) is 0 Å². The van der Waals surface area contributed by atoms with Crippen LogP contribution in [0.4, 0.5) is 18.9 Å². The number of anilines is 1. The fraction of sp³-hybridized carbons (Fsp3) is 0.300. The van der Waals surface area contributed by atoms with Crippen LogP contribution in [-0.2, 0) is 4.74 Å². The standard InChI is InChI=1S/C10H10F3NO3/c1-2-16-9(15)5-3-4-6(17-10(12)13)7(11)8(5)14/h3-4,10H,2,14H2,1H3. The molecule has 0 atom stereocenters. The predicted octanol–water partition coefficient (Wildman–Crippen LogP) is 2.19. The van der Waals surface area contributed by atoms with Gasteiger partial charge in [-0.15, -0.1) is 0 Å². The van der Waals surface area contributed by atoms with Crippen LogP contribution in [0.15, 0.2) is 12.1 Å². The smallest absolute Gasteiger partial charge is 0.387 e.